The summed E-state index contributed by atoms with van der Waals surface area (Å²) in [6, 6.07) is 2.18. The topological polar surface area (TPSA) is 50.5 Å². The first kappa shape index (κ1) is 11.4. The highest BCUT2D eigenvalue weighted by atomic mass is 16.3. The lowest BCUT2D eigenvalue weighted by Gasteiger charge is -2.19. The molecule has 0 spiro atoms. The van der Waals surface area contributed by atoms with Gasteiger partial charge in [-0.15, -0.1) is 0 Å². The van der Waals surface area contributed by atoms with Crippen molar-refractivity contribution in [3.8, 4) is 6.07 Å². The number of rotatable bonds is 4. The van der Waals surface area contributed by atoms with E-state index in [1.807, 2.05) is 0 Å². The lowest BCUT2D eigenvalue weighted by Crippen LogP contribution is -2.32. The highest BCUT2D eigenvalue weighted by Gasteiger charge is 2.13. The fourth-order valence-electron chi connectivity index (χ4n) is 1.82. The Labute approximate surface area is 85.7 Å². The number of nitrogens with zero attached hydrogens (tertiary/aromatic N) is 3. The lowest BCUT2D eigenvalue weighted by atomic mass is 10.3. The molecule has 0 aromatic rings. The predicted molar refractivity (Wildman–Crippen MR) is 54.8 cm³/mol. The van der Waals surface area contributed by atoms with Crippen LogP contribution in [0.3, 0.4) is 0 Å². The number of hydrogen-bond acceptors (Lipinski definition) is 4. The van der Waals surface area contributed by atoms with Crippen molar-refractivity contribution in [2.45, 2.75) is 12.8 Å². The van der Waals surface area contributed by atoms with Gasteiger partial charge in [-0.2, -0.15) is 5.26 Å². The SMILES string of the molecule is N#CCCN1CCCN(CCO)CC1. The van der Waals surface area contributed by atoms with Crippen LogP contribution in [0.25, 0.3) is 0 Å². The van der Waals surface area contributed by atoms with Gasteiger partial charge in [0.15, 0.2) is 0 Å². The Morgan fingerprint density at radius 3 is 2.29 bits per heavy atom. The van der Waals surface area contributed by atoms with E-state index in [0.29, 0.717) is 6.42 Å². The Morgan fingerprint density at radius 1 is 1.07 bits per heavy atom. The first-order chi connectivity index (χ1) is 6.86. The van der Waals surface area contributed by atoms with Gasteiger partial charge in [-0.05, 0) is 19.5 Å². The predicted octanol–water partition coefficient (Wildman–Crippen LogP) is -0.0999. The zero-order valence-electron chi connectivity index (χ0n) is 8.65. The van der Waals surface area contributed by atoms with Crippen LogP contribution < -0.4 is 0 Å². The molecule has 0 aliphatic carbocycles. The summed E-state index contributed by atoms with van der Waals surface area (Å²) in [4.78, 5) is 4.62. The van der Waals surface area contributed by atoms with Crippen molar-refractivity contribution >= 4 is 0 Å². The van der Waals surface area contributed by atoms with Gasteiger partial charge in [-0.25, -0.2) is 0 Å². The molecule has 0 radical (unpaired) electrons. The molecule has 4 heteroatoms. The molecule has 1 heterocycles. The molecule has 1 rings (SSSR count). The van der Waals surface area contributed by atoms with Crippen molar-refractivity contribution in [1.82, 2.24) is 9.80 Å². The van der Waals surface area contributed by atoms with E-state index in [9.17, 15) is 0 Å². The van der Waals surface area contributed by atoms with E-state index in [1.165, 1.54) is 0 Å². The monoisotopic (exact) mass is 197 g/mol. The van der Waals surface area contributed by atoms with E-state index in [4.69, 9.17) is 10.4 Å². The van der Waals surface area contributed by atoms with Gasteiger partial charge in [0.1, 0.15) is 0 Å². The first-order valence-electron chi connectivity index (χ1n) is 5.29. The summed E-state index contributed by atoms with van der Waals surface area (Å²) in [7, 11) is 0. The Bertz CT molecular complexity index is 190. The summed E-state index contributed by atoms with van der Waals surface area (Å²) in [5.41, 5.74) is 0. The third-order valence-electron chi connectivity index (χ3n) is 2.64. The second-order valence-electron chi connectivity index (χ2n) is 3.67. The minimum atomic E-state index is 0.248. The number of β-amino-alcohol motifs (C(OH)–C–C–N with tert-alkyl or cyclic N) is 1. The first-order valence-corrected chi connectivity index (χ1v) is 5.29. The molecule has 80 valence electrons. The maximum atomic E-state index is 8.82. The fourth-order valence-corrected chi connectivity index (χ4v) is 1.82. The minimum absolute atomic E-state index is 0.248. The van der Waals surface area contributed by atoms with Crippen LogP contribution in [0.15, 0.2) is 0 Å². The van der Waals surface area contributed by atoms with Crippen molar-refractivity contribution in [3.63, 3.8) is 0 Å². The number of aliphatic hydroxyl groups is 1. The third kappa shape index (κ3) is 4.05. The van der Waals surface area contributed by atoms with Crippen molar-refractivity contribution in [2.75, 3.05) is 45.9 Å². The maximum absolute atomic E-state index is 8.82. The Balaban J connectivity index is 2.23. The van der Waals surface area contributed by atoms with Crippen LogP contribution in [0, 0.1) is 11.3 Å². The van der Waals surface area contributed by atoms with Crippen molar-refractivity contribution in [3.05, 3.63) is 0 Å². The highest BCUT2D eigenvalue weighted by Crippen LogP contribution is 2.02. The van der Waals surface area contributed by atoms with E-state index in [-0.39, 0.29) is 6.61 Å². The summed E-state index contributed by atoms with van der Waals surface area (Å²) in [5.74, 6) is 0. The Kier molecular flexibility index (Phi) is 5.53. The molecule has 1 saturated heterocycles. The van der Waals surface area contributed by atoms with Crippen LogP contribution in [0.5, 0.6) is 0 Å². The van der Waals surface area contributed by atoms with Gasteiger partial charge in [0.2, 0.25) is 0 Å². The maximum Gasteiger partial charge on any atom is 0.0635 e. The standard InChI is InChI=1S/C10H19N3O/c11-3-1-4-12-5-2-6-13(8-7-12)9-10-14/h14H,1-2,4-10H2. The number of hydrogen-bond donors (Lipinski definition) is 1. The largest absolute Gasteiger partial charge is 0.395 e. The summed E-state index contributed by atoms with van der Waals surface area (Å²) in [6.45, 7) is 6.13. The van der Waals surface area contributed by atoms with Gasteiger partial charge in [-0.1, -0.05) is 0 Å². The minimum Gasteiger partial charge on any atom is -0.395 e. The molecule has 0 unspecified atom stereocenters. The second kappa shape index (κ2) is 6.77. The molecule has 1 fully saturated rings. The van der Waals surface area contributed by atoms with Gasteiger partial charge in [0.25, 0.3) is 0 Å². The molecule has 0 saturated carbocycles. The molecule has 14 heavy (non-hydrogen) atoms. The van der Waals surface area contributed by atoms with Crippen LogP contribution in [-0.2, 0) is 0 Å². The van der Waals surface area contributed by atoms with Crippen LogP contribution >= 0.6 is 0 Å². The normalized spacial score (nSPS) is 20.3. The van der Waals surface area contributed by atoms with Gasteiger partial charge in [0.05, 0.1) is 12.7 Å². The summed E-state index contributed by atoms with van der Waals surface area (Å²) >= 11 is 0. The number of aliphatic hydroxyl groups excluding tert-OH is 1. The molecule has 1 N–H and O–H groups in total. The smallest absolute Gasteiger partial charge is 0.0635 e. The molecular formula is C10H19N3O. The van der Waals surface area contributed by atoms with Crippen molar-refractivity contribution < 1.29 is 5.11 Å². The molecule has 4 nitrogen and oxygen atoms in total. The van der Waals surface area contributed by atoms with Crippen LogP contribution in [0.1, 0.15) is 12.8 Å². The van der Waals surface area contributed by atoms with E-state index in [2.05, 4.69) is 15.9 Å². The molecule has 0 bridgehead atoms. The van der Waals surface area contributed by atoms with E-state index < -0.39 is 0 Å². The second-order valence-corrected chi connectivity index (χ2v) is 3.67. The van der Waals surface area contributed by atoms with Crippen molar-refractivity contribution in [1.29, 1.82) is 5.26 Å². The molecule has 0 amide bonds. The summed E-state index contributed by atoms with van der Waals surface area (Å²) in [6.07, 6.45) is 1.77. The Hall–Kier alpha value is -0.630. The van der Waals surface area contributed by atoms with E-state index in [1.54, 1.807) is 0 Å². The average Bonchev–Trinajstić information content (AvgIpc) is 2.41. The van der Waals surface area contributed by atoms with Crippen LogP contribution in [0.4, 0.5) is 0 Å². The van der Waals surface area contributed by atoms with Gasteiger partial charge >= 0.3 is 0 Å². The van der Waals surface area contributed by atoms with Crippen LogP contribution in [-0.4, -0.2) is 60.8 Å². The summed E-state index contributed by atoms with van der Waals surface area (Å²) < 4.78 is 0. The zero-order valence-corrected chi connectivity index (χ0v) is 8.65. The molecule has 0 atom stereocenters. The molecule has 1 aliphatic heterocycles. The molecular weight excluding hydrogens is 178 g/mol. The molecule has 0 aromatic carbocycles. The molecule has 1 aliphatic rings. The average molecular weight is 197 g/mol. The number of nitriles is 1. The Morgan fingerprint density at radius 2 is 1.71 bits per heavy atom. The lowest BCUT2D eigenvalue weighted by molar-refractivity contribution is 0.197. The third-order valence-corrected chi connectivity index (χ3v) is 2.64. The van der Waals surface area contributed by atoms with Crippen molar-refractivity contribution in [2.24, 2.45) is 0 Å². The van der Waals surface area contributed by atoms with Gasteiger partial charge in [-0.3, -0.25) is 4.90 Å². The highest BCUT2D eigenvalue weighted by molar-refractivity contribution is 4.75. The quantitative estimate of drug-likeness (QED) is 0.684. The van der Waals surface area contributed by atoms with Gasteiger partial charge in [0, 0.05) is 32.6 Å². The van der Waals surface area contributed by atoms with E-state index in [0.717, 1.165) is 45.7 Å². The van der Waals surface area contributed by atoms with E-state index >= 15 is 0 Å². The summed E-state index contributed by atoms with van der Waals surface area (Å²) in [5, 5.41) is 17.3. The zero-order chi connectivity index (χ0) is 10.2. The van der Waals surface area contributed by atoms with Crippen LogP contribution in [0.2, 0.25) is 0 Å². The van der Waals surface area contributed by atoms with Gasteiger partial charge < -0.3 is 10.0 Å². The molecule has 0 aromatic heterocycles. The fraction of sp³-hybridized carbons (Fsp3) is 0.900.